The minimum Gasteiger partial charge on any atom is -0.359 e. The lowest BCUT2D eigenvalue weighted by atomic mass is 9.90. The van der Waals surface area contributed by atoms with E-state index in [4.69, 9.17) is 4.52 Å². The van der Waals surface area contributed by atoms with Crippen molar-refractivity contribution in [3.63, 3.8) is 0 Å². The number of carbonyl (C=O) groups excluding carboxylic acids is 1. The summed E-state index contributed by atoms with van der Waals surface area (Å²) in [5, 5.41) is 6.74. The van der Waals surface area contributed by atoms with Crippen molar-refractivity contribution < 1.29 is 13.7 Å². The first-order valence-electron chi connectivity index (χ1n) is 8.15. The second-order valence-electron chi connectivity index (χ2n) is 6.70. The van der Waals surface area contributed by atoms with E-state index in [1.54, 1.807) is 12.1 Å². The summed E-state index contributed by atoms with van der Waals surface area (Å²) < 4.78 is 18.2. The van der Waals surface area contributed by atoms with Crippen LogP contribution >= 0.6 is 0 Å². The Balaban J connectivity index is 1.75. The first kappa shape index (κ1) is 16.5. The quantitative estimate of drug-likeness (QED) is 0.923. The normalized spacial score (nSPS) is 20.4. The van der Waals surface area contributed by atoms with Crippen molar-refractivity contribution in [3.8, 4) is 0 Å². The summed E-state index contributed by atoms with van der Waals surface area (Å²) in [4.78, 5) is 14.6. The molecular formula is C18H22FN3O2. The van der Waals surface area contributed by atoms with E-state index in [0.717, 1.165) is 24.0 Å². The molecule has 5 nitrogen and oxygen atoms in total. The van der Waals surface area contributed by atoms with Crippen LogP contribution in [-0.2, 0) is 6.42 Å². The van der Waals surface area contributed by atoms with Crippen LogP contribution < -0.4 is 5.32 Å². The van der Waals surface area contributed by atoms with E-state index >= 15 is 0 Å². The number of halogens is 1. The molecule has 0 bridgehead atoms. The zero-order valence-corrected chi connectivity index (χ0v) is 14.2. The first-order chi connectivity index (χ1) is 11.4. The molecule has 2 aromatic rings. The van der Waals surface area contributed by atoms with Gasteiger partial charge in [0, 0.05) is 17.6 Å². The number of carbonyl (C=O) groups is 1. The fourth-order valence-corrected chi connectivity index (χ4v) is 3.30. The Morgan fingerprint density at radius 2 is 2.08 bits per heavy atom. The average molecular weight is 331 g/mol. The van der Waals surface area contributed by atoms with Gasteiger partial charge in [0.05, 0.1) is 0 Å². The molecular weight excluding hydrogens is 309 g/mol. The van der Waals surface area contributed by atoms with Crippen LogP contribution in [-0.4, -0.2) is 28.2 Å². The minimum absolute atomic E-state index is 0.173. The standard InChI is InChI=1S/C18H22FN3O2/c1-12-13(2)24-21-16(12)20-17(23)22-10-4-9-18(22,3)11-14-5-7-15(19)8-6-14/h5-8H,4,9-11H2,1-3H3,(H,20,21,23). The second kappa shape index (κ2) is 6.26. The number of amides is 2. The summed E-state index contributed by atoms with van der Waals surface area (Å²) in [5.74, 6) is 0.913. The van der Waals surface area contributed by atoms with E-state index in [2.05, 4.69) is 17.4 Å². The van der Waals surface area contributed by atoms with Gasteiger partial charge in [0.25, 0.3) is 0 Å². The van der Waals surface area contributed by atoms with E-state index < -0.39 is 0 Å². The summed E-state index contributed by atoms with van der Waals surface area (Å²) >= 11 is 0. The molecule has 0 spiro atoms. The van der Waals surface area contributed by atoms with Crippen LogP contribution in [0.25, 0.3) is 0 Å². The Hall–Kier alpha value is -2.37. The Bertz CT molecular complexity index is 741. The van der Waals surface area contributed by atoms with Crippen molar-refractivity contribution in [1.29, 1.82) is 0 Å². The number of hydrogen-bond acceptors (Lipinski definition) is 3. The van der Waals surface area contributed by atoms with E-state index in [0.29, 0.717) is 24.5 Å². The van der Waals surface area contributed by atoms with Gasteiger partial charge >= 0.3 is 6.03 Å². The number of urea groups is 1. The zero-order valence-electron chi connectivity index (χ0n) is 14.2. The number of aryl methyl sites for hydroxylation is 1. The predicted molar refractivity (Wildman–Crippen MR) is 89.4 cm³/mol. The van der Waals surface area contributed by atoms with Crippen molar-refractivity contribution in [2.45, 2.75) is 45.6 Å². The summed E-state index contributed by atoms with van der Waals surface area (Å²) in [6.07, 6.45) is 2.55. The second-order valence-corrected chi connectivity index (χ2v) is 6.70. The van der Waals surface area contributed by atoms with Gasteiger partial charge in [-0.05, 0) is 57.7 Å². The third-order valence-electron chi connectivity index (χ3n) is 4.87. The van der Waals surface area contributed by atoms with Gasteiger partial charge in [0.2, 0.25) is 0 Å². The highest BCUT2D eigenvalue weighted by molar-refractivity contribution is 5.89. The van der Waals surface area contributed by atoms with Gasteiger partial charge in [0.15, 0.2) is 5.82 Å². The molecule has 1 unspecified atom stereocenters. The van der Waals surface area contributed by atoms with Crippen molar-refractivity contribution >= 4 is 11.8 Å². The highest BCUT2D eigenvalue weighted by atomic mass is 19.1. The van der Waals surface area contributed by atoms with Crippen LogP contribution in [0.2, 0.25) is 0 Å². The molecule has 1 aliphatic heterocycles. The molecule has 24 heavy (non-hydrogen) atoms. The van der Waals surface area contributed by atoms with E-state index in [-0.39, 0.29) is 17.4 Å². The molecule has 0 saturated carbocycles. The molecule has 6 heteroatoms. The van der Waals surface area contributed by atoms with Crippen LogP contribution in [0.5, 0.6) is 0 Å². The summed E-state index contributed by atoms with van der Waals surface area (Å²) in [6, 6.07) is 6.30. The Kier molecular flexibility index (Phi) is 4.30. The highest BCUT2D eigenvalue weighted by Crippen LogP contribution is 2.33. The van der Waals surface area contributed by atoms with Gasteiger partial charge in [0.1, 0.15) is 11.6 Å². The van der Waals surface area contributed by atoms with Gasteiger partial charge in [-0.15, -0.1) is 0 Å². The lowest BCUT2D eigenvalue weighted by Gasteiger charge is -2.35. The SMILES string of the molecule is Cc1onc(NC(=O)N2CCCC2(C)Cc2ccc(F)cc2)c1C. The Labute approximate surface area is 140 Å². The van der Waals surface area contributed by atoms with Crippen molar-refractivity contribution in [3.05, 3.63) is 47.0 Å². The van der Waals surface area contributed by atoms with E-state index in [9.17, 15) is 9.18 Å². The first-order valence-corrected chi connectivity index (χ1v) is 8.15. The average Bonchev–Trinajstić information content (AvgIpc) is 3.07. The number of nitrogens with one attached hydrogen (secondary N) is 1. The summed E-state index contributed by atoms with van der Waals surface area (Å²) in [6.45, 7) is 6.44. The van der Waals surface area contributed by atoms with Crippen LogP contribution in [0.1, 0.15) is 36.7 Å². The molecule has 2 amide bonds. The van der Waals surface area contributed by atoms with Gasteiger partial charge in [-0.2, -0.15) is 0 Å². The largest absolute Gasteiger partial charge is 0.359 e. The lowest BCUT2D eigenvalue weighted by Crippen LogP contribution is -2.48. The Morgan fingerprint density at radius 3 is 2.71 bits per heavy atom. The smallest absolute Gasteiger partial charge is 0.323 e. The molecule has 3 rings (SSSR count). The highest BCUT2D eigenvalue weighted by Gasteiger charge is 2.40. The number of likely N-dealkylation sites (tertiary alicyclic amines) is 1. The molecule has 1 aliphatic rings. The van der Waals surface area contributed by atoms with Gasteiger partial charge in [-0.3, -0.25) is 5.32 Å². The molecule has 1 atom stereocenters. The van der Waals surface area contributed by atoms with Gasteiger partial charge in [-0.25, -0.2) is 9.18 Å². The molecule has 1 aromatic heterocycles. The molecule has 0 aliphatic carbocycles. The molecule has 128 valence electrons. The number of benzene rings is 1. The monoisotopic (exact) mass is 331 g/mol. The van der Waals surface area contributed by atoms with Gasteiger partial charge < -0.3 is 9.42 Å². The molecule has 0 radical (unpaired) electrons. The summed E-state index contributed by atoms with van der Waals surface area (Å²) in [7, 11) is 0. The maximum Gasteiger partial charge on any atom is 0.323 e. The predicted octanol–water partition coefficient (Wildman–Crippen LogP) is 4.06. The number of hydrogen-bond donors (Lipinski definition) is 1. The fourth-order valence-electron chi connectivity index (χ4n) is 3.30. The molecule has 1 aromatic carbocycles. The van der Waals surface area contributed by atoms with Crippen LogP contribution in [0.3, 0.4) is 0 Å². The van der Waals surface area contributed by atoms with Crippen LogP contribution in [0.15, 0.2) is 28.8 Å². The third-order valence-corrected chi connectivity index (χ3v) is 4.87. The summed E-state index contributed by atoms with van der Waals surface area (Å²) in [5.41, 5.74) is 1.56. The molecule has 1 N–H and O–H groups in total. The minimum atomic E-state index is -0.297. The van der Waals surface area contributed by atoms with Crippen molar-refractivity contribution in [1.82, 2.24) is 10.1 Å². The van der Waals surface area contributed by atoms with Crippen LogP contribution in [0, 0.1) is 19.7 Å². The fraction of sp³-hybridized carbons (Fsp3) is 0.444. The Morgan fingerprint density at radius 1 is 1.38 bits per heavy atom. The topological polar surface area (TPSA) is 58.4 Å². The number of anilines is 1. The number of rotatable bonds is 3. The van der Waals surface area contributed by atoms with E-state index in [1.807, 2.05) is 18.7 Å². The maximum absolute atomic E-state index is 13.1. The lowest BCUT2D eigenvalue weighted by molar-refractivity contribution is 0.167. The van der Waals surface area contributed by atoms with E-state index in [1.165, 1.54) is 12.1 Å². The molecule has 1 fully saturated rings. The van der Waals surface area contributed by atoms with Crippen molar-refractivity contribution in [2.75, 3.05) is 11.9 Å². The van der Waals surface area contributed by atoms with Crippen LogP contribution in [0.4, 0.5) is 15.0 Å². The maximum atomic E-state index is 13.1. The molecule has 1 saturated heterocycles. The number of aromatic nitrogens is 1. The third kappa shape index (κ3) is 3.13. The molecule has 2 heterocycles. The van der Waals surface area contributed by atoms with Gasteiger partial charge in [-0.1, -0.05) is 17.3 Å². The van der Waals surface area contributed by atoms with Crippen molar-refractivity contribution in [2.24, 2.45) is 0 Å². The zero-order chi connectivity index (χ0) is 17.3. The number of nitrogens with zero attached hydrogens (tertiary/aromatic N) is 2.